The highest BCUT2D eigenvalue weighted by Gasteiger charge is 2.28. The quantitative estimate of drug-likeness (QED) is 0.297. The third-order valence-electron chi connectivity index (χ3n) is 5.76. The van der Waals surface area contributed by atoms with Gasteiger partial charge < -0.3 is 14.6 Å². The molecule has 0 radical (unpaired) electrons. The minimum absolute atomic E-state index is 0.112. The van der Waals surface area contributed by atoms with E-state index in [0.29, 0.717) is 28.4 Å². The first-order valence-electron chi connectivity index (χ1n) is 11.2. The normalized spacial score (nSPS) is 14.1. The number of nitrogens with zero attached hydrogens (tertiary/aromatic N) is 1. The Hall–Kier alpha value is -3.42. The maximum atomic E-state index is 13.2. The molecule has 3 aromatic carbocycles. The molecule has 1 saturated heterocycles. The number of ketones is 1. The van der Waals surface area contributed by atoms with Crippen LogP contribution in [0.4, 0.5) is 4.39 Å². The summed E-state index contributed by atoms with van der Waals surface area (Å²) in [5, 5.41) is 10.4. The van der Waals surface area contributed by atoms with Crippen LogP contribution in [0.15, 0.2) is 72.8 Å². The molecule has 0 bridgehead atoms. The van der Waals surface area contributed by atoms with Gasteiger partial charge in [-0.2, -0.15) is 0 Å². The van der Waals surface area contributed by atoms with E-state index in [1.165, 1.54) is 23.5 Å². The highest BCUT2D eigenvalue weighted by atomic mass is 32.1. The van der Waals surface area contributed by atoms with E-state index < -0.39 is 0 Å². The minimum Gasteiger partial charge on any atom is -0.508 e. The number of benzene rings is 3. The lowest BCUT2D eigenvalue weighted by Gasteiger charge is -2.38. The predicted octanol–water partition coefficient (Wildman–Crippen LogP) is 6.05. The van der Waals surface area contributed by atoms with Crippen molar-refractivity contribution < 1.29 is 23.8 Å². The Morgan fingerprint density at radius 2 is 1.71 bits per heavy atom. The fourth-order valence-corrected chi connectivity index (χ4v) is 5.07. The molecule has 0 unspecified atom stereocenters. The number of aromatic hydroxyl groups is 1. The van der Waals surface area contributed by atoms with E-state index >= 15 is 0 Å². The molecule has 174 valence electrons. The number of alkyl halides is 1. The predicted molar refractivity (Wildman–Crippen MR) is 131 cm³/mol. The van der Waals surface area contributed by atoms with Gasteiger partial charge in [-0.15, -0.1) is 11.3 Å². The number of likely N-dealkylation sites (tertiary alicyclic amines) is 1. The van der Waals surface area contributed by atoms with Crippen LogP contribution in [-0.2, 0) is 0 Å². The first-order valence-corrected chi connectivity index (χ1v) is 12.0. The second kappa shape index (κ2) is 9.83. The average molecular weight is 478 g/mol. The van der Waals surface area contributed by atoms with Crippen molar-refractivity contribution in [2.75, 3.05) is 26.3 Å². The molecule has 4 aromatic rings. The summed E-state index contributed by atoms with van der Waals surface area (Å²) in [6, 6.07) is 21.4. The molecule has 0 amide bonds. The van der Waals surface area contributed by atoms with Gasteiger partial charge in [-0.25, -0.2) is 0 Å². The first kappa shape index (κ1) is 22.4. The third-order valence-corrected chi connectivity index (χ3v) is 6.91. The van der Waals surface area contributed by atoms with Crippen LogP contribution in [0.1, 0.15) is 21.7 Å². The highest BCUT2D eigenvalue weighted by molar-refractivity contribution is 7.21. The second-order valence-electron chi connectivity index (χ2n) is 8.25. The van der Waals surface area contributed by atoms with Crippen LogP contribution in [0.2, 0.25) is 0 Å². The molecule has 0 aliphatic carbocycles. The number of carbonyl (C=O) groups excluding carboxylic acids is 1. The summed E-state index contributed by atoms with van der Waals surface area (Å²) in [6.45, 7) is 2.10. The van der Waals surface area contributed by atoms with Gasteiger partial charge in [-0.1, -0.05) is 12.1 Å². The highest BCUT2D eigenvalue weighted by Crippen LogP contribution is 2.41. The van der Waals surface area contributed by atoms with Crippen LogP contribution >= 0.6 is 11.3 Å². The number of phenolic OH excluding ortho intramolecular Hbond substituents is 1. The van der Waals surface area contributed by atoms with E-state index in [2.05, 4.69) is 4.90 Å². The van der Waals surface area contributed by atoms with Crippen LogP contribution in [0.3, 0.4) is 0 Å². The van der Waals surface area contributed by atoms with Gasteiger partial charge in [0, 0.05) is 35.3 Å². The Kier molecular flexibility index (Phi) is 6.47. The van der Waals surface area contributed by atoms with Crippen molar-refractivity contribution in [1.82, 2.24) is 4.90 Å². The Morgan fingerprint density at radius 1 is 1.00 bits per heavy atom. The van der Waals surface area contributed by atoms with Crippen LogP contribution in [-0.4, -0.2) is 48.2 Å². The van der Waals surface area contributed by atoms with Crippen molar-refractivity contribution in [3.8, 4) is 23.0 Å². The van der Waals surface area contributed by atoms with E-state index in [1.807, 2.05) is 48.5 Å². The number of halogens is 1. The van der Waals surface area contributed by atoms with Crippen molar-refractivity contribution in [3.05, 3.63) is 83.2 Å². The Bertz CT molecular complexity index is 1280. The van der Waals surface area contributed by atoms with Gasteiger partial charge in [0.1, 0.15) is 28.2 Å². The molecule has 2 heterocycles. The molecule has 0 saturated carbocycles. The summed E-state index contributed by atoms with van der Waals surface area (Å²) < 4.78 is 25.5. The van der Waals surface area contributed by atoms with E-state index in [-0.39, 0.29) is 24.3 Å². The molecule has 0 atom stereocenters. The summed E-state index contributed by atoms with van der Waals surface area (Å²) in [6.07, 6.45) is 0.675. The average Bonchev–Trinajstić information content (AvgIpc) is 3.20. The number of hydrogen-bond donors (Lipinski definition) is 1. The van der Waals surface area contributed by atoms with Crippen molar-refractivity contribution in [3.63, 3.8) is 0 Å². The van der Waals surface area contributed by atoms with Crippen molar-refractivity contribution in [2.45, 2.75) is 12.5 Å². The first-order chi connectivity index (χ1) is 16.6. The van der Waals surface area contributed by atoms with Gasteiger partial charge in [-0.3, -0.25) is 14.1 Å². The number of phenols is 1. The molecule has 0 spiro atoms. The number of rotatable bonds is 9. The number of fused-ring (bicyclic) bond motifs is 1. The van der Waals surface area contributed by atoms with Gasteiger partial charge in [0.25, 0.3) is 0 Å². The summed E-state index contributed by atoms with van der Waals surface area (Å²) in [4.78, 5) is 15.9. The Labute approximate surface area is 201 Å². The van der Waals surface area contributed by atoms with E-state index in [4.69, 9.17) is 9.47 Å². The lowest BCUT2D eigenvalue weighted by molar-refractivity contribution is 0.0184. The molecule has 1 aromatic heterocycles. The van der Waals surface area contributed by atoms with E-state index in [1.54, 1.807) is 12.1 Å². The van der Waals surface area contributed by atoms with Gasteiger partial charge in [0.2, 0.25) is 5.78 Å². The standard InChI is InChI=1S/C27H24FNO4S/c28-14-3-15-29-16-22(17-29)32-20-10-12-21(13-11-20)33-26-23-4-1-2-5-24(23)34-27(26)25(31)18-6-8-19(30)9-7-18/h1-2,4-13,22,30H,3,14-17H2. The topological polar surface area (TPSA) is 59.0 Å². The third kappa shape index (κ3) is 4.76. The molecule has 1 aliphatic rings. The zero-order valence-corrected chi connectivity index (χ0v) is 19.3. The summed E-state index contributed by atoms with van der Waals surface area (Å²) in [7, 11) is 0. The monoisotopic (exact) mass is 477 g/mol. The Balaban J connectivity index is 1.33. The van der Waals surface area contributed by atoms with Gasteiger partial charge >= 0.3 is 0 Å². The molecular weight excluding hydrogens is 453 g/mol. The van der Waals surface area contributed by atoms with Crippen molar-refractivity contribution >= 4 is 27.2 Å². The number of hydrogen-bond acceptors (Lipinski definition) is 6. The molecule has 5 nitrogen and oxygen atoms in total. The van der Waals surface area contributed by atoms with Crippen LogP contribution in [0.25, 0.3) is 10.1 Å². The number of carbonyl (C=O) groups is 1. The number of thiophene rings is 1. The van der Waals surface area contributed by atoms with Crippen molar-refractivity contribution in [2.24, 2.45) is 0 Å². The molecule has 5 rings (SSSR count). The summed E-state index contributed by atoms with van der Waals surface area (Å²) in [5.41, 5.74) is 0.485. The lowest BCUT2D eigenvalue weighted by atomic mass is 10.1. The Morgan fingerprint density at radius 3 is 2.44 bits per heavy atom. The summed E-state index contributed by atoms with van der Waals surface area (Å²) >= 11 is 1.39. The smallest absolute Gasteiger partial charge is 0.206 e. The zero-order chi connectivity index (χ0) is 23.5. The van der Waals surface area contributed by atoms with Crippen molar-refractivity contribution in [1.29, 1.82) is 0 Å². The van der Waals surface area contributed by atoms with Gasteiger partial charge in [0.05, 0.1) is 6.67 Å². The molecule has 1 aliphatic heterocycles. The van der Waals surface area contributed by atoms with E-state index in [0.717, 1.165) is 35.5 Å². The largest absolute Gasteiger partial charge is 0.508 e. The maximum Gasteiger partial charge on any atom is 0.206 e. The molecule has 34 heavy (non-hydrogen) atoms. The van der Waals surface area contributed by atoms with Crippen LogP contribution in [0, 0.1) is 0 Å². The fraction of sp³-hybridized carbons (Fsp3) is 0.222. The zero-order valence-electron chi connectivity index (χ0n) is 18.4. The van der Waals surface area contributed by atoms with Crippen LogP contribution < -0.4 is 9.47 Å². The van der Waals surface area contributed by atoms with Gasteiger partial charge in [-0.05, 0) is 67.1 Å². The SMILES string of the molecule is O=C(c1ccc(O)cc1)c1sc2ccccc2c1Oc1ccc(OC2CN(CCCF)C2)cc1. The molecule has 1 fully saturated rings. The fourth-order valence-electron chi connectivity index (χ4n) is 3.98. The van der Waals surface area contributed by atoms with Crippen LogP contribution in [0.5, 0.6) is 23.0 Å². The maximum absolute atomic E-state index is 13.2. The lowest BCUT2D eigenvalue weighted by Crippen LogP contribution is -2.53. The summed E-state index contributed by atoms with van der Waals surface area (Å²) in [5.74, 6) is 1.83. The number of ether oxygens (including phenoxy) is 2. The van der Waals surface area contributed by atoms with E-state index in [9.17, 15) is 14.3 Å². The second-order valence-corrected chi connectivity index (χ2v) is 9.30. The van der Waals surface area contributed by atoms with Gasteiger partial charge in [0.15, 0.2) is 5.75 Å². The molecule has 1 N–H and O–H groups in total. The minimum atomic E-state index is -0.287. The molecule has 7 heteroatoms. The molecular formula is C27H24FNO4S.